The van der Waals surface area contributed by atoms with Gasteiger partial charge in [0.25, 0.3) is 0 Å². The fourth-order valence-electron chi connectivity index (χ4n) is 5.45. The summed E-state index contributed by atoms with van der Waals surface area (Å²) >= 11 is 0. The molecule has 0 radical (unpaired) electrons. The molecule has 37 heavy (non-hydrogen) atoms. The molecule has 204 valence electrons. The minimum Gasteiger partial charge on any atom is -0.456 e. The first-order valence-electron chi connectivity index (χ1n) is 13.6. The fourth-order valence-corrected chi connectivity index (χ4v) is 5.45. The number of aliphatic hydroxyl groups excluding tert-OH is 2. The van der Waals surface area contributed by atoms with Gasteiger partial charge in [-0.3, -0.25) is 0 Å². The number of carbonyl (C=O) groups excluding carboxylic acids is 1. The molecule has 0 aliphatic carbocycles. The maximum absolute atomic E-state index is 12.6. The largest absolute Gasteiger partial charge is 0.456 e. The fraction of sp³-hybridized carbons (Fsp3) is 0.633. The lowest BCUT2D eigenvalue weighted by Gasteiger charge is -2.28. The third-order valence-corrected chi connectivity index (χ3v) is 7.44. The second kappa shape index (κ2) is 13.2. The molecule has 7 nitrogen and oxygen atoms in total. The summed E-state index contributed by atoms with van der Waals surface area (Å²) in [5, 5.41) is 21.7. The molecular formula is C30H42O7. The monoisotopic (exact) mass is 514 g/mol. The van der Waals surface area contributed by atoms with Gasteiger partial charge in [-0.15, -0.1) is 0 Å². The van der Waals surface area contributed by atoms with Crippen molar-refractivity contribution in [3.05, 3.63) is 60.3 Å². The smallest absolute Gasteiger partial charge is 0.330 e. The van der Waals surface area contributed by atoms with E-state index >= 15 is 0 Å². The van der Waals surface area contributed by atoms with Crippen LogP contribution in [0, 0.1) is 5.92 Å². The number of hydrogen-bond donors (Lipinski definition) is 2. The average molecular weight is 515 g/mol. The Kier molecular flexibility index (Phi) is 9.96. The highest BCUT2D eigenvalue weighted by atomic mass is 16.6. The number of carbonyl (C=O) groups is 1. The Bertz CT molecular complexity index is 919. The van der Waals surface area contributed by atoms with Crippen LogP contribution < -0.4 is 0 Å². The number of ether oxygens (including phenoxy) is 4. The molecular weight excluding hydrogens is 472 g/mol. The van der Waals surface area contributed by atoms with E-state index in [1.54, 1.807) is 12.2 Å². The lowest BCUT2D eigenvalue weighted by Crippen LogP contribution is -2.32. The van der Waals surface area contributed by atoms with Gasteiger partial charge in [-0.2, -0.15) is 0 Å². The van der Waals surface area contributed by atoms with Crippen LogP contribution in [-0.2, 0) is 23.7 Å². The maximum atomic E-state index is 12.6. The van der Waals surface area contributed by atoms with Gasteiger partial charge in [0.15, 0.2) is 0 Å². The average Bonchev–Trinajstić information content (AvgIpc) is 3.61. The Morgan fingerprint density at radius 2 is 1.97 bits per heavy atom. The quantitative estimate of drug-likeness (QED) is 0.332. The van der Waals surface area contributed by atoms with E-state index < -0.39 is 24.3 Å². The van der Waals surface area contributed by atoms with Crippen LogP contribution in [0.2, 0.25) is 0 Å². The Hall–Kier alpha value is -2.03. The van der Waals surface area contributed by atoms with Crippen molar-refractivity contribution < 1.29 is 34.0 Å². The minimum atomic E-state index is -1.03. The zero-order valence-electron chi connectivity index (χ0n) is 22.0. The first-order chi connectivity index (χ1) is 17.8. The molecule has 4 heterocycles. The van der Waals surface area contributed by atoms with E-state index in [0.29, 0.717) is 25.4 Å². The lowest BCUT2D eigenvalue weighted by molar-refractivity contribution is -0.148. The summed E-state index contributed by atoms with van der Waals surface area (Å²) in [6.45, 7) is 8.98. The highest BCUT2D eigenvalue weighted by Crippen LogP contribution is 2.35. The third kappa shape index (κ3) is 8.76. The summed E-state index contributed by atoms with van der Waals surface area (Å²) in [6.07, 6.45) is 14.3. The SMILES string of the molecule is C=C1C[C@H](C)C[C@@H]2CC=C[C@@H](C/C=C\C(=O)O[C@H]([C@@H](O)/C=C/[C@@H]3CC(C)=CCO3)C[C@@H]3OC3[C@@H](O)C1)O2. The predicted octanol–water partition coefficient (Wildman–Crippen LogP) is 4.11. The van der Waals surface area contributed by atoms with Gasteiger partial charge in [-0.05, 0) is 51.4 Å². The molecule has 0 amide bonds. The van der Waals surface area contributed by atoms with E-state index in [-0.39, 0.29) is 36.9 Å². The molecule has 4 rings (SSSR count). The predicted molar refractivity (Wildman–Crippen MR) is 141 cm³/mol. The maximum Gasteiger partial charge on any atom is 0.330 e. The molecule has 7 heteroatoms. The number of aliphatic hydroxyl groups is 2. The summed E-state index contributed by atoms with van der Waals surface area (Å²) in [4.78, 5) is 12.6. The molecule has 0 spiro atoms. The zero-order valence-corrected chi connectivity index (χ0v) is 22.0. The van der Waals surface area contributed by atoms with Gasteiger partial charge >= 0.3 is 5.97 Å². The normalized spacial score (nSPS) is 39.6. The van der Waals surface area contributed by atoms with Crippen molar-refractivity contribution in [2.45, 2.75) is 108 Å². The minimum absolute atomic E-state index is 0.0863. The van der Waals surface area contributed by atoms with E-state index in [1.165, 1.54) is 11.6 Å². The van der Waals surface area contributed by atoms with E-state index in [1.807, 2.05) is 18.2 Å². The van der Waals surface area contributed by atoms with Crippen LogP contribution in [0.3, 0.4) is 0 Å². The molecule has 2 N–H and O–H groups in total. The van der Waals surface area contributed by atoms with Gasteiger partial charge in [0.2, 0.25) is 0 Å². The van der Waals surface area contributed by atoms with Gasteiger partial charge < -0.3 is 29.2 Å². The number of esters is 1. The molecule has 0 aromatic heterocycles. The highest BCUT2D eigenvalue weighted by molar-refractivity contribution is 5.82. The Labute approximate surface area is 220 Å². The number of cyclic esters (lactones) is 1. The molecule has 4 aliphatic rings. The first kappa shape index (κ1) is 28.0. The number of hydrogen-bond acceptors (Lipinski definition) is 7. The van der Waals surface area contributed by atoms with Crippen molar-refractivity contribution >= 4 is 5.97 Å². The summed E-state index contributed by atoms with van der Waals surface area (Å²) in [7, 11) is 0. The van der Waals surface area contributed by atoms with Gasteiger partial charge in [0, 0.05) is 12.5 Å². The Balaban J connectivity index is 1.44. The third-order valence-electron chi connectivity index (χ3n) is 7.44. The van der Waals surface area contributed by atoms with Crippen molar-refractivity contribution in [2.75, 3.05) is 6.61 Å². The topological polar surface area (TPSA) is 97.8 Å². The summed E-state index contributed by atoms with van der Waals surface area (Å²) in [5.41, 5.74) is 2.23. The standard InChI is InChI=1S/C30H42O7/c1-19-12-13-34-23(15-19)10-11-25(31)27-18-28-30(37-28)26(32)17-21(3)14-20(2)16-24-8-4-6-22(35-24)7-5-9-29(33)36-27/h4-6,9-12,20,22-28,30-32H,3,7-8,13-18H2,1-2H3/b9-5-,11-10+/t20-,22-,23+,24-,25-,26-,27-,28-,30?/m0/s1. The molecule has 1 fully saturated rings. The van der Waals surface area contributed by atoms with Gasteiger partial charge in [0.1, 0.15) is 18.3 Å². The van der Waals surface area contributed by atoms with E-state index in [9.17, 15) is 15.0 Å². The van der Waals surface area contributed by atoms with Gasteiger partial charge in [0.05, 0.1) is 37.1 Å². The molecule has 0 saturated carbocycles. The van der Waals surface area contributed by atoms with Crippen LogP contribution in [0.5, 0.6) is 0 Å². The Morgan fingerprint density at radius 3 is 2.78 bits per heavy atom. The van der Waals surface area contributed by atoms with Crippen molar-refractivity contribution in [1.82, 2.24) is 0 Å². The highest BCUT2D eigenvalue weighted by Gasteiger charge is 2.46. The van der Waals surface area contributed by atoms with Crippen LogP contribution in [0.1, 0.15) is 58.8 Å². The van der Waals surface area contributed by atoms with Crippen LogP contribution in [0.15, 0.2) is 60.3 Å². The van der Waals surface area contributed by atoms with Gasteiger partial charge in [-0.1, -0.05) is 61.1 Å². The molecule has 2 bridgehead atoms. The summed E-state index contributed by atoms with van der Waals surface area (Å²) in [6, 6.07) is 0. The number of fused-ring (bicyclic) bond motifs is 3. The van der Waals surface area contributed by atoms with Crippen molar-refractivity contribution in [2.24, 2.45) is 5.92 Å². The van der Waals surface area contributed by atoms with E-state index in [2.05, 4.69) is 26.5 Å². The lowest BCUT2D eigenvalue weighted by atomic mass is 9.91. The van der Waals surface area contributed by atoms with E-state index in [4.69, 9.17) is 18.9 Å². The second-order valence-corrected chi connectivity index (χ2v) is 11.0. The van der Waals surface area contributed by atoms with Crippen LogP contribution in [0.4, 0.5) is 0 Å². The molecule has 1 saturated heterocycles. The number of rotatable bonds is 3. The van der Waals surface area contributed by atoms with Crippen LogP contribution in [0.25, 0.3) is 0 Å². The van der Waals surface area contributed by atoms with Crippen LogP contribution in [-0.4, -0.2) is 71.6 Å². The zero-order chi connectivity index (χ0) is 26.4. The van der Waals surface area contributed by atoms with Crippen molar-refractivity contribution in [3.8, 4) is 0 Å². The molecule has 4 aliphatic heterocycles. The van der Waals surface area contributed by atoms with Crippen molar-refractivity contribution in [3.63, 3.8) is 0 Å². The molecule has 0 aromatic carbocycles. The first-order valence-corrected chi connectivity index (χ1v) is 13.6. The second-order valence-electron chi connectivity index (χ2n) is 11.0. The van der Waals surface area contributed by atoms with Gasteiger partial charge in [-0.25, -0.2) is 4.79 Å². The molecule has 1 unspecified atom stereocenters. The molecule has 9 atom stereocenters. The summed E-state index contributed by atoms with van der Waals surface area (Å²) < 4.78 is 23.4. The van der Waals surface area contributed by atoms with Crippen molar-refractivity contribution in [1.29, 1.82) is 0 Å². The van der Waals surface area contributed by atoms with E-state index in [0.717, 1.165) is 31.3 Å². The number of epoxide rings is 1. The Morgan fingerprint density at radius 1 is 1.14 bits per heavy atom. The summed E-state index contributed by atoms with van der Waals surface area (Å²) in [5.74, 6) is -0.141. The molecule has 0 aromatic rings. The van der Waals surface area contributed by atoms with Crippen LogP contribution >= 0.6 is 0 Å².